The van der Waals surface area contributed by atoms with Crippen LogP contribution in [0.3, 0.4) is 0 Å². The number of aromatic nitrogens is 2. The molecule has 0 saturated heterocycles. The Bertz CT molecular complexity index is 737. The standard InChI is InChI=1S/C14H12F3N3O3/c1-22-13-9(14(15,16)17)4-8(6-19-13)20-2-3-23-11-7-18-12(21)5-10(11)20/h4-7H,2-3H2,1H3,(H,18,21). The van der Waals surface area contributed by atoms with Crippen molar-refractivity contribution < 1.29 is 27.8 Å². The maximum Gasteiger partial charge on any atom is 0.421 e. The summed E-state index contributed by atoms with van der Waals surface area (Å²) in [6.07, 6.45) is -2.00. The highest BCUT2D eigenvalue weighted by Gasteiger charge is 2.36. The molecule has 0 unspecified atom stereocenters. The smallest absolute Gasteiger partial charge is 0.421 e. The molecule has 3 heterocycles. The molecular weight excluding hydrogens is 315 g/mol. The van der Waals surface area contributed by atoms with Crippen LogP contribution in [0.5, 0.6) is 17.5 Å². The maximum absolute atomic E-state index is 13.1. The first-order valence-corrected chi connectivity index (χ1v) is 6.60. The number of hydrogen-bond acceptors (Lipinski definition) is 6. The van der Waals surface area contributed by atoms with Crippen molar-refractivity contribution in [1.82, 2.24) is 9.97 Å². The maximum atomic E-state index is 13.1. The fourth-order valence-corrected chi connectivity index (χ4v) is 2.33. The normalized spacial score (nSPS) is 14.2. The van der Waals surface area contributed by atoms with E-state index in [-0.39, 0.29) is 18.2 Å². The van der Waals surface area contributed by atoms with Crippen LogP contribution in [-0.4, -0.2) is 35.3 Å². The van der Waals surface area contributed by atoms with Crippen LogP contribution < -0.4 is 14.4 Å². The molecule has 3 rings (SSSR count). The predicted octanol–water partition coefficient (Wildman–Crippen LogP) is 2.74. The number of rotatable bonds is 2. The highest BCUT2D eigenvalue weighted by molar-refractivity contribution is 5.71. The molecule has 0 fully saturated rings. The predicted molar refractivity (Wildman–Crippen MR) is 74.2 cm³/mol. The lowest BCUT2D eigenvalue weighted by Gasteiger charge is -2.31. The van der Waals surface area contributed by atoms with Crippen LogP contribution in [0.2, 0.25) is 0 Å². The summed E-state index contributed by atoms with van der Waals surface area (Å²) in [5.41, 5.74) is -0.332. The molecule has 0 spiro atoms. The van der Waals surface area contributed by atoms with Gasteiger partial charge in [-0.15, -0.1) is 0 Å². The van der Waals surface area contributed by atoms with Gasteiger partial charge in [0.15, 0.2) is 5.75 Å². The van der Waals surface area contributed by atoms with E-state index < -0.39 is 17.6 Å². The average Bonchev–Trinajstić information content (AvgIpc) is 2.53. The first-order chi connectivity index (χ1) is 10.9. The van der Waals surface area contributed by atoms with Gasteiger partial charge in [0.2, 0.25) is 11.8 Å². The number of hydrogen-bond donors (Lipinski definition) is 1. The van der Waals surface area contributed by atoms with Crippen molar-refractivity contribution in [3.05, 3.63) is 30.1 Å². The molecule has 1 aliphatic heterocycles. The van der Waals surface area contributed by atoms with Crippen LogP contribution in [0.1, 0.15) is 5.56 Å². The van der Waals surface area contributed by atoms with Crippen LogP contribution >= 0.6 is 0 Å². The first kappa shape index (κ1) is 15.2. The highest BCUT2D eigenvalue weighted by Crippen LogP contribution is 2.41. The zero-order chi connectivity index (χ0) is 16.6. The van der Waals surface area contributed by atoms with E-state index in [0.29, 0.717) is 18.0 Å². The molecule has 2 aromatic rings. The Morgan fingerprint density at radius 2 is 2.04 bits per heavy atom. The summed E-state index contributed by atoms with van der Waals surface area (Å²) >= 11 is 0. The molecule has 23 heavy (non-hydrogen) atoms. The summed E-state index contributed by atoms with van der Waals surface area (Å²) in [5.74, 6) is -0.373. The van der Waals surface area contributed by atoms with E-state index in [9.17, 15) is 18.3 Å². The van der Waals surface area contributed by atoms with Crippen molar-refractivity contribution >= 4 is 11.4 Å². The zero-order valence-corrected chi connectivity index (χ0v) is 12.0. The second-order valence-electron chi connectivity index (χ2n) is 4.76. The molecule has 0 amide bonds. The molecule has 0 saturated carbocycles. The lowest BCUT2D eigenvalue weighted by atomic mass is 10.2. The average molecular weight is 327 g/mol. The molecule has 0 atom stereocenters. The number of nitrogens with zero attached hydrogens (tertiary/aromatic N) is 3. The fraction of sp³-hybridized carbons (Fsp3) is 0.286. The lowest BCUT2D eigenvalue weighted by molar-refractivity contribution is -0.139. The minimum absolute atomic E-state index is 0.216. The number of aromatic hydroxyl groups is 1. The van der Waals surface area contributed by atoms with Gasteiger partial charge in [-0.3, -0.25) is 0 Å². The minimum Gasteiger partial charge on any atom is -0.493 e. The third-order valence-corrected chi connectivity index (χ3v) is 3.34. The van der Waals surface area contributed by atoms with Crippen LogP contribution in [0.4, 0.5) is 24.5 Å². The summed E-state index contributed by atoms with van der Waals surface area (Å²) in [6, 6.07) is 2.28. The van der Waals surface area contributed by atoms with E-state index in [2.05, 4.69) is 14.7 Å². The second-order valence-corrected chi connectivity index (χ2v) is 4.76. The van der Waals surface area contributed by atoms with Crippen LogP contribution in [0.15, 0.2) is 24.5 Å². The number of pyridine rings is 2. The molecule has 1 N–H and O–H groups in total. The SMILES string of the molecule is COc1ncc(N2CCOc3cnc(O)cc32)cc1C(F)(F)F. The van der Waals surface area contributed by atoms with E-state index in [1.54, 1.807) is 4.90 Å². The number of anilines is 2. The Morgan fingerprint density at radius 1 is 1.26 bits per heavy atom. The van der Waals surface area contributed by atoms with Gasteiger partial charge in [0.1, 0.15) is 12.2 Å². The van der Waals surface area contributed by atoms with Gasteiger partial charge in [-0.25, -0.2) is 9.97 Å². The summed E-state index contributed by atoms with van der Waals surface area (Å²) in [7, 11) is 1.13. The molecule has 122 valence electrons. The van der Waals surface area contributed by atoms with Crippen molar-refractivity contribution in [3.63, 3.8) is 0 Å². The number of ether oxygens (including phenoxy) is 2. The summed E-state index contributed by atoms with van der Waals surface area (Å²) in [5, 5.41) is 9.51. The van der Waals surface area contributed by atoms with Gasteiger partial charge in [0.05, 0.1) is 37.4 Å². The number of methoxy groups -OCH3 is 1. The Kier molecular flexibility index (Phi) is 3.63. The van der Waals surface area contributed by atoms with Gasteiger partial charge >= 0.3 is 6.18 Å². The van der Waals surface area contributed by atoms with Crippen LogP contribution in [0.25, 0.3) is 0 Å². The van der Waals surface area contributed by atoms with Crippen LogP contribution in [-0.2, 0) is 6.18 Å². The molecule has 0 aromatic carbocycles. The Morgan fingerprint density at radius 3 is 2.74 bits per heavy atom. The third-order valence-electron chi connectivity index (χ3n) is 3.34. The lowest BCUT2D eigenvalue weighted by Crippen LogP contribution is -2.29. The molecule has 9 heteroatoms. The van der Waals surface area contributed by atoms with E-state index in [0.717, 1.165) is 13.2 Å². The zero-order valence-electron chi connectivity index (χ0n) is 12.0. The second kappa shape index (κ2) is 5.49. The van der Waals surface area contributed by atoms with Gasteiger partial charge in [-0.2, -0.15) is 13.2 Å². The number of fused-ring (bicyclic) bond motifs is 1. The molecule has 1 aliphatic rings. The third kappa shape index (κ3) is 2.81. The largest absolute Gasteiger partial charge is 0.493 e. The number of halogens is 3. The van der Waals surface area contributed by atoms with Crippen molar-refractivity contribution in [2.75, 3.05) is 25.2 Å². The summed E-state index contributed by atoms with van der Waals surface area (Å²) < 4.78 is 49.5. The molecule has 2 aromatic heterocycles. The van der Waals surface area contributed by atoms with Gasteiger partial charge in [-0.1, -0.05) is 0 Å². The minimum atomic E-state index is -4.59. The van der Waals surface area contributed by atoms with Gasteiger partial charge in [-0.05, 0) is 6.07 Å². The Labute approximate surface area is 129 Å². The molecule has 6 nitrogen and oxygen atoms in total. The quantitative estimate of drug-likeness (QED) is 0.915. The summed E-state index contributed by atoms with van der Waals surface area (Å²) in [4.78, 5) is 9.00. The molecule has 0 aliphatic carbocycles. The van der Waals surface area contributed by atoms with Crippen LogP contribution in [0, 0.1) is 0 Å². The molecular formula is C14H12F3N3O3. The summed E-state index contributed by atoms with van der Waals surface area (Å²) in [6.45, 7) is 0.578. The van der Waals surface area contributed by atoms with E-state index >= 15 is 0 Å². The van der Waals surface area contributed by atoms with E-state index in [1.807, 2.05) is 0 Å². The molecule has 0 bridgehead atoms. The van der Waals surface area contributed by atoms with Crippen molar-refractivity contribution in [2.24, 2.45) is 0 Å². The number of alkyl halides is 3. The van der Waals surface area contributed by atoms with E-state index in [1.165, 1.54) is 18.5 Å². The monoisotopic (exact) mass is 327 g/mol. The van der Waals surface area contributed by atoms with E-state index in [4.69, 9.17) is 4.74 Å². The fourth-order valence-electron chi connectivity index (χ4n) is 2.33. The highest BCUT2D eigenvalue weighted by atomic mass is 19.4. The topological polar surface area (TPSA) is 67.7 Å². The molecule has 0 radical (unpaired) electrons. The van der Waals surface area contributed by atoms with Gasteiger partial charge in [0.25, 0.3) is 0 Å². The van der Waals surface area contributed by atoms with Gasteiger partial charge in [0, 0.05) is 6.07 Å². The Hall–Kier alpha value is -2.71. The first-order valence-electron chi connectivity index (χ1n) is 6.60. The van der Waals surface area contributed by atoms with Crippen molar-refractivity contribution in [1.29, 1.82) is 0 Å². The Balaban J connectivity index is 2.09. The van der Waals surface area contributed by atoms with Crippen molar-refractivity contribution in [2.45, 2.75) is 6.18 Å². The van der Waals surface area contributed by atoms with Gasteiger partial charge < -0.3 is 19.5 Å². The van der Waals surface area contributed by atoms with Crippen molar-refractivity contribution in [3.8, 4) is 17.5 Å².